The Morgan fingerprint density at radius 3 is 2.71 bits per heavy atom. The van der Waals surface area contributed by atoms with E-state index in [2.05, 4.69) is 5.32 Å². The van der Waals surface area contributed by atoms with Gasteiger partial charge in [0, 0.05) is 16.7 Å². The molecule has 1 fully saturated rings. The molecule has 0 aromatic heterocycles. The molecule has 1 aliphatic rings. The third-order valence-electron chi connectivity index (χ3n) is 3.84. The van der Waals surface area contributed by atoms with Crippen LogP contribution in [-0.2, 0) is 4.79 Å². The Balaban J connectivity index is 2.03. The Labute approximate surface area is 163 Å². The van der Waals surface area contributed by atoms with Gasteiger partial charge < -0.3 is 15.2 Å². The Hall–Kier alpha value is -3.59. The van der Waals surface area contributed by atoms with Gasteiger partial charge in [0.2, 0.25) is 0 Å². The number of amides is 3. The summed E-state index contributed by atoms with van der Waals surface area (Å²) in [4.78, 5) is 36.2. The first-order chi connectivity index (χ1) is 13.3. The smallest absolute Gasteiger partial charge is 0.333 e. The number of benzene rings is 2. The molecule has 9 nitrogen and oxygen atoms in total. The van der Waals surface area contributed by atoms with Gasteiger partial charge in [-0.2, -0.15) is 0 Å². The zero-order valence-corrected chi connectivity index (χ0v) is 15.3. The molecule has 3 amide bonds. The standard InChI is InChI=1S/C18H14ClN3O6/c1-2-28-15-9-13(22(26)27)6-10(16(15)23)7-14-17(24)21(18(25)20-14)12-5-3-4-11(19)8-12/h3-9,23H,2H2,1H3,(H,20,25)/b14-7+. The van der Waals surface area contributed by atoms with Gasteiger partial charge in [0.15, 0.2) is 11.5 Å². The average molecular weight is 404 g/mol. The number of carbonyl (C=O) groups is 2. The highest BCUT2D eigenvalue weighted by molar-refractivity contribution is 6.32. The van der Waals surface area contributed by atoms with Crippen molar-refractivity contribution in [3.05, 3.63) is 62.8 Å². The van der Waals surface area contributed by atoms with Crippen molar-refractivity contribution in [1.29, 1.82) is 0 Å². The van der Waals surface area contributed by atoms with Gasteiger partial charge in [0.25, 0.3) is 11.6 Å². The zero-order chi connectivity index (χ0) is 20.4. The van der Waals surface area contributed by atoms with Crippen LogP contribution in [0, 0.1) is 10.1 Å². The van der Waals surface area contributed by atoms with Gasteiger partial charge >= 0.3 is 6.03 Å². The van der Waals surface area contributed by atoms with E-state index in [0.29, 0.717) is 5.02 Å². The van der Waals surface area contributed by atoms with Gasteiger partial charge in [-0.1, -0.05) is 17.7 Å². The number of non-ortho nitro benzene ring substituents is 1. The van der Waals surface area contributed by atoms with E-state index in [1.165, 1.54) is 12.1 Å². The number of hydrogen-bond acceptors (Lipinski definition) is 6. The number of anilines is 1. The van der Waals surface area contributed by atoms with Gasteiger partial charge in [-0.15, -0.1) is 0 Å². The van der Waals surface area contributed by atoms with E-state index in [1.54, 1.807) is 19.1 Å². The van der Waals surface area contributed by atoms with Crippen molar-refractivity contribution in [2.24, 2.45) is 0 Å². The van der Waals surface area contributed by atoms with Crippen molar-refractivity contribution < 1.29 is 24.4 Å². The average Bonchev–Trinajstić information content (AvgIpc) is 2.91. The van der Waals surface area contributed by atoms with E-state index in [4.69, 9.17) is 16.3 Å². The van der Waals surface area contributed by atoms with Gasteiger partial charge in [-0.05, 0) is 31.2 Å². The van der Waals surface area contributed by atoms with Crippen LogP contribution in [0.3, 0.4) is 0 Å². The first-order valence-corrected chi connectivity index (χ1v) is 8.46. The number of nitrogens with zero attached hydrogens (tertiary/aromatic N) is 2. The molecule has 0 spiro atoms. The monoisotopic (exact) mass is 403 g/mol. The highest BCUT2D eigenvalue weighted by Gasteiger charge is 2.35. The number of ether oxygens (including phenoxy) is 1. The lowest BCUT2D eigenvalue weighted by Crippen LogP contribution is -2.30. The van der Waals surface area contributed by atoms with Gasteiger partial charge in [-0.25, -0.2) is 9.69 Å². The SMILES string of the molecule is CCOc1cc([N+](=O)[O-])cc(/C=C2/NC(=O)N(c3cccc(Cl)c3)C2=O)c1O. The van der Waals surface area contributed by atoms with Crippen LogP contribution in [0.5, 0.6) is 11.5 Å². The minimum atomic E-state index is -0.714. The Bertz CT molecular complexity index is 1020. The number of halogens is 1. The number of carbonyl (C=O) groups excluding carboxylic acids is 2. The van der Waals surface area contributed by atoms with Crippen LogP contribution < -0.4 is 15.0 Å². The summed E-state index contributed by atoms with van der Waals surface area (Å²) in [6.45, 7) is 1.82. The topological polar surface area (TPSA) is 122 Å². The number of nitro benzene ring substituents is 1. The minimum Gasteiger partial charge on any atom is -0.504 e. The first kappa shape index (κ1) is 19.2. The molecule has 2 aromatic rings. The van der Waals surface area contributed by atoms with E-state index in [0.717, 1.165) is 23.1 Å². The van der Waals surface area contributed by atoms with E-state index in [-0.39, 0.29) is 40.7 Å². The molecule has 1 heterocycles. The number of hydrogen-bond donors (Lipinski definition) is 2. The van der Waals surface area contributed by atoms with Gasteiger partial charge in [0.1, 0.15) is 5.70 Å². The zero-order valence-electron chi connectivity index (χ0n) is 14.5. The summed E-state index contributed by atoms with van der Waals surface area (Å²) in [5.41, 5.74) is -0.286. The summed E-state index contributed by atoms with van der Waals surface area (Å²) < 4.78 is 5.20. The lowest BCUT2D eigenvalue weighted by molar-refractivity contribution is -0.385. The van der Waals surface area contributed by atoms with Crippen molar-refractivity contribution >= 4 is 41.0 Å². The predicted octanol–water partition coefficient (Wildman–Crippen LogP) is 3.45. The number of nitro groups is 1. The Kier molecular flexibility index (Phi) is 5.18. The van der Waals surface area contributed by atoms with Crippen molar-refractivity contribution in [3.8, 4) is 11.5 Å². The normalized spacial score (nSPS) is 15.1. The maximum atomic E-state index is 12.7. The molecule has 28 heavy (non-hydrogen) atoms. The number of rotatable bonds is 5. The highest BCUT2D eigenvalue weighted by Crippen LogP contribution is 2.36. The fraction of sp³-hybridized carbons (Fsp3) is 0.111. The summed E-state index contributed by atoms with van der Waals surface area (Å²) >= 11 is 5.90. The van der Waals surface area contributed by atoms with Crippen LogP contribution in [0.2, 0.25) is 5.02 Å². The van der Waals surface area contributed by atoms with E-state index < -0.39 is 16.9 Å². The van der Waals surface area contributed by atoms with Crippen LogP contribution in [0.15, 0.2) is 42.1 Å². The second kappa shape index (κ2) is 7.57. The van der Waals surface area contributed by atoms with E-state index in [1.807, 2.05) is 0 Å². The number of imide groups is 1. The second-order valence-electron chi connectivity index (χ2n) is 5.68. The molecule has 0 atom stereocenters. The van der Waals surface area contributed by atoms with E-state index >= 15 is 0 Å². The fourth-order valence-electron chi connectivity index (χ4n) is 2.64. The van der Waals surface area contributed by atoms with Crippen molar-refractivity contribution in [2.45, 2.75) is 6.92 Å². The quantitative estimate of drug-likeness (QED) is 0.341. The summed E-state index contributed by atoms with van der Waals surface area (Å²) in [6.07, 6.45) is 1.15. The van der Waals surface area contributed by atoms with Crippen molar-refractivity contribution in [1.82, 2.24) is 5.32 Å². The van der Waals surface area contributed by atoms with Crippen LogP contribution in [-0.4, -0.2) is 28.6 Å². The molecule has 2 N–H and O–H groups in total. The highest BCUT2D eigenvalue weighted by atomic mass is 35.5. The van der Waals surface area contributed by atoms with Gasteiger partial charge in [0.05, 0.1) is 23.3 Å². The molecule has 10 heteroatoms. The molecule has 0 bridgehead atoms. The number of phenols is 1. The van der Waals surface area contributed by atoms with E-state index in [9.17, 15) is 24.8 Å². The van der Waals surface area contributed by atoms with Crippen LogP contribution in [0.4, 0.5) is 16.2 Å². The maximum Gasteiger partial charge on any atom is 0.333 e. The molecule has 1 aliphatic heterocycles. The summed E-state index contributed by atoms with van der Waals surface area (Å²) in [6, 6.07) is 7.59. The number of nitrogens with one attached hydrogen (secondary N) is 1. The molecular formula is C18H14ClN3O6. The number of urea groups is 1. The van der Waals surface area contributed by atoms with Crippen molar-refractivity contribution in [3.63, 3.8) is 0 Å². The first-order valence-electron chi connectivity index (χ1n) is 8.08. The van der Waals surface area contributed by atoms with Crippen LogP contribution in [0.25, 0.3) is 6.08 Å². The van der Waals surface area contributed by atoms with Crippen molar-refractivity contribution in [2.75, 3.05) is 11.5 Å². The molecule has 0 radical (unpaired) electrons. The maximum absolute atomic E-state index is 12.7. The largest absolute Gasteiger partial charge is 0.504 e. The minimum absolute atomic E-state index is 0.0470. The summed E-state index contributed by atoms with van der Waals surface area (Å²) in [5.74, 6) is -1.19. The predicted molar refractivity (Wildman–Crippen MR) is 101 cm³/mol. The van der Waals surface area contributed by atoms with Crippen LogP contribution in [0.1, 0.15) is 12.5 Å². The Morgan fingerprint density at radius 1 is 1.32 bits per heavy atom. The molecule has 1 saturated heterocycles. The molecule has 3 rings (SSSR count). The number of aromatic hydroxyl groups is 1. The fourth-order valence-corrected chi connectivity index (χ4v) is 2.82. The third kappa shape index (κ3) is 3.60. The molecule has 2 aromatic carbocycles. The van der Waals surface area contributed by atoms with Gasteiger partial charge in [-0.3, -0.25) is 14.9 Å². The summed E-state index contributed by atoms with van der Waals surface area (Å²) in [5, 5.41) is 24.2. The molecule has 0 aliphatic carbocycles. The molecule has 0 unspecified atom stereocenters. The number of phenolic OH excluding ortho intramolecular Hbond substituents is 1. The molecule has 144 valence electrons. The lowest BCUT2D eigenvalue weighted by Gasteiger charge is -2.11. The molecular weight excluding hydrogens is 390 g/mol. The lowest BCUT2D eigenvalue weighted by atomic mass is 10.1. The third-order valence-corrected chi connectivity index (χ3v) is 4.08. The summed E-state index contributed by atoms with van der Waals surface area (Å²) in [7, 11) is 0. The molecule has 0 saturated carbocycles. The second-order valence-corrected chi connectivity index (χ2v) is 6.12. The van der Waals surface area contributed by atoms with Crippen LogP contribution >= 0.6 is 11.6 Å². The Morgan fingerprint density at radius 2 is 2.07 bits per heavy atom.